The normalized spacial score (nSPS) is 15.9. The average molecular weight is 329 g/mol. The Morgan fingerprint density at radius 1 is 1.38 bits per heavy atom. The van der Waals surface area contributed by atoms with E-state index in [1.807, 2.05) is 32.0 Å². The number of aryl methyl sites for hydroxylation is 1. The van der Waals surface area contributed by atoms with Crippen molar-refractivity contribution in [3.8, 4) is 6.07 Å². The number of anilines is 1. The predicted octanol–water partition coefficient (Wildman–Crippen LogP) is 2.25. The van der Waals surface area contributed by atoms with Gasteiger partial charge in [0.25, 0.3) is 0 Å². The Morgan fingerprint density at radius 3 is 2.71 bits per heavy atom. The maximum Gasteiger partial charge on any atom is 0.241 e. The molecule has 24 heavy (non-hydrogen) atoms. The highest BCUT2D eigenvalue weighted by atomic mass is 16.3. The van der Waals surface area contributed by atoms with Crippen molar-refractivity contribution in [3.05, 3.63) is 29.3 Å². The van der Waals surface area contributed by atoms with Crippen LogP contribution in [-0.2, 0) is 4.79 Å². The van der Waals surface area contributed by atoms with Crippen molar-refractivity contribution in [2.75, 3.05) is 37.7 Å². The summed E-state index contributed by atoms with van der Waals surface area (Å²) in [6.07, 6.45) is 2.20. The van der Waals surface area contributed by atoms with Crippen LogP contribution in [0.4, 0.5) is 5.69 Å². The van der Waals surface area contributed by atoms with Gasteiger partial charge in [-0.25, -0.2) is 0 Å². The quantitative estimate of drug-likeness (QED) is 0.869. The standard InChI is InChI=1S/C19H27N3O2/c1-15-5-3-6-18(16(15)2)22(10-4-9-20)19(24)13-21-11-7-17(14-23)8-12-21/h3,5-6,17,23H,4,7-8,10-14H2,1-2H3. The third-order valence-electron chi connectivity index (χ3n) is 4.94. The summed E-state index contributed by atoms with van der Waals surface area (Å²) in [4.78, 5) is 16.8. The highest BCUT2D eigenvalue weighted by Gasteiger charge is 2.24. The number of nitriles is 1. The second-order valence-electron chi connectivity index (χ2n) is 6.57. The number of rotatable bonds is 6. The second-order valence-corrected chi connectivity index (χ2v) is 6.57. The number of nitrogens with zero attached hydrogens (tertiary/aromatic N) is 3. The lowest BCUT2D eigenvalue weighted by Crippen LogP contribution is -2.44. The van der Waals surface area contributed by atoms with E-state index < -0.39 is 0 Å². The lowest BCUT2D eigenvalue weighted by atomic mass is 9.98. The summed E-state index contributed by atoms with van der Waals surface area (Å²) in [7, 11) is 0. The Kier molecular flexibility index (Phi) is 6.77. The molecular formula is C19H27N3O2. The molecule has 0 unspecified atom stereocenters. The van der Waals surface area contributed by atoms with Crippen molar-refractivity contribution >= 4 is 11.6 Å². The van der Waals surface area contributed by atoms with Crippen LogP contribution >= 0.6 is 0 Å². The number of amides is 1. The predicted molar refractivity (Wildman–Crippen MR) is 94.7 cm³/mol. The number of piperidine rings is 1. The minimum Gasteiger partial charge on any atom is -0.396 e. The number of likely N-dealkylation sites (tertiary alicyclic amines) is 1. The maximum absolute atomic E-state index is 12.9. The molecule has 0 saturated carbocycles. The summed E-state index contributed by atoms with van der Waals surface area (Å²) < 4.78 is 0. The van der Waals surface area contributed by atoms with Gasteiger partial charge in [0.05, 0.1) is 19.0 Å². The van der Waals surface area contributed by atoms with Crippen LogP contribution in [0.25, 0.3) is 0 Å². The lowest BCUT2D eigenvalue weighted by molar-refractivity contribution is -0.120. The number of aliphatic hydroxyl groups excluding tert-OH is 1. The van der Waals surface area contributed by atoms with E-state index in [2.05, 4.69) is 11.0 Å². The van der Waals surface area contributed by atoms with E-state index in [0.29, 0.717) is 25.4 Å². The minimum absolute atomic E-state index is 0.0430. The monoisotopic (exact) mass is 329 g/mol. The molecule has 1 N–H and O–H groups in total. The molecule has 1 aliphatic heterocycles. The van der Waals surface area contributed by atoms with Crippen LogP contribution < -0.4 is 4.90 Å². The van der Waals surface area contributed by atoms with E-state index >= 15 is 0 Å². The van der Waals surface area contributed by atoms with E-state index in [1.165, 1.54) is 0 Å². The van der Waals surface area contributed by atoms with Gasteiger partial charge >= 0.3 is 0 Å². The van der Waals surface area contributed by atoms with Gasteiger partial charge in [0.2, 0.25) is 5.91 Å². The first kappa shape index (κ1) is 18.4. The zero-order valence-electron chi connectivity index (χ0n) is 14.7. The molecule has 1 heterocycles. The van der Waals surface area contributed by atoms with Crippen molar-refractivity contribution in [2.24, 2.45) is 5.92 Å². The average Bonchev–Trinajstić information content (AvgIpc) is 2.59. The Labute approximate surface area is 144 Å². The van der Waals surface area contributed by atoms with Gasteiger partial charge in [-0.2, -0.15) is 5.26 Å². The first-order chi connectivity index (χ1) is 11.6. The molecule has 1 fully saturated rings. The van der Waals surface area contributed by atoms with Crippen molar-refractivity contribution in [2.45, 2.75) is 33.1 Å². The van der Waals surface area contributed by atoms with Gasteiger partial charge in [0, 0.05) is 18.8 Å². The van der Waals surface area contributed by atoms with Gasteiger partial charge in [-0.15, -0.1) is 0 Å². The maximum atomic E-state index is 12.9. The molecule has 0 radical (unpaired) electrons. The van der Waals surface area contributed by atoms with Crippen molar-refractivity contribution in [3.63, 3.8) is 0 Å². The molecule has 0 aliphatic carbocycles. The molecule has 0 spiro atoms. The van der Waals surface area contributed by atoms with Crippen LogP contribution in [0.2, 0.25) is 0 Å². The van der Waals surface area contributed by atoms with E-state index in [9.17, 15) is 9.90 Å². The van der Waals surface area contributed by atoms with Gasteiger partial charge in [0.1, 0.15) is 0 Å². The van der Waals surface area contributed by atoms with Gasteiger partial charge in [-0.3, -0.25) is 9.69 Å². The number of carbonyl (C=O) groups is 1. The third-order valence-corrected chi connectivity index (χ3v) is 4.94. The van der Waals surface area contributed by atoms with Crippen molar-refractivity contribution in [1.82, 2.24) is 4.90 Å². The molecule has 2 rings (SSSR count). The number of hydrogen-bond acceptors (Lipinski definition) is 4. The Morgan fingerprint density at radius 2 is 2.08 bits per heavy atom. The molecule has 1 saturated heterocycles. The first-order valence-corrected chi connectivity index (χ1v) is 8.63. The van der Waals surface area contributed by atoms with E-state index in [0.717, 1.165) is 42.7 Å². The number of aliphatic hydroxyl groups is 1. The van der Waals surface area contributed by atoms with Gasteiger partial charge < -0.3 is 10.0 Å². The Balaban J connectivity index is 2.09. The molecule has 5 heteroatoms. The summed E-state index contributed by atoms with van der Waals surface area (Å²) in [6.45, 7) is 6.77. The van der Waals surface area contributed by atoms with E-state index in [1.54, 1.807) is 4.90 Å². The fourth-order valence-electron chi connectivity index (χ4n) is 3.17. The van der Waals surface area contributed by atoms with Gasteiger partial charge in [-0.05, 0) is 62.9 Å². The molecular weight excluding hydrogens is 302 g/mol. The second kappa shape index (κ2) is 8.81. The molecule has 0 bridgehead atoms. The molecule has 1 aromatic carbocycles. The zero-order valence-corrected chi connectivity index (χ0v) is 14.7. The molecule has 0 atom stereocenters. The molecule has 1 aliphatic rings. The summed E-state index contributed by atoms with van der Waals surface area (Å²) in [5.74, 6) is 0.409. The summed E-state index contributed by atoms with van der Waals surface area (Å²) in [5.41, 5.74) is 3.13. The minimum atomic E-state index is 0.0430. The molecule has 1 amide bonds. The first-order valence-electron chi connectivity index (χ1n) is 8.63. The molecule has 0 aromatic heterocycles. The zero-order chi connectivity index (χ0) is 17.5. The van der Waals surface area contributed by atoms with Crippen LogP contribution in [0, 0.1) is 31.1 Å². The number of benzene rings is 1. The molecule has 5 nitrogen and oxygen atoms in total. The smallest absolute Gasteiger partial charge is 0.241 e. The highest BCUT2D eigenvalue weighted by Crippen LogP contribution is 2.24. The SMILES string of the molecule is Cc1cccc(N(CCC#N)C(=O)CN2CCC(CO)CC2)c1C. The largest absolute Gasteiger partial charge is 0.396 e. The van der Waals surface area contributed by atoms with Crippen LogP contribution in [0.5, 0.6) is 0 Å². The molecule has 1 aromatic rings. The van der Waals surface area contributed by atoms with Crippen molar-refractivity contribution in [1.29, 1.82) is 5.26 Å². The Hall–Kier alpha value is -1.90. The van der Waals surface area contributed by atoms with Gasteiger partial charge in [0.15, 0.2) is 0 Å². The number of carbonyl (C=O) groups excluding carboxylic acids is 1. The summed E-state index contributed by atoms with van der Waals surface area (Å²) >= 11 is 0. The van der Waals surface area contributed by atoms with Crippen molar-refractivity contribution < 1.29 is 9.90 Å². The van der Waals surface area contributed by atoms with Crippen LogP contribution in [0.1, 0.15) is 30.4 Å². The Bertz CT molecular complexity index is 601. The highest BCUT2D eigenvalue weighted by molar-refractivity contribution is 5.95. The fraction of sp³-hybridized carbons (Fsp3) is 0.579. The lowest BCUT2D eigenvalue weighted by Gasteiger charge is -2.33. The topological polar surface area (TPSA) is 67.6 Å². The van der Waals surface area contributed by atoms with E-state index in [4.69, 9.17) is 5.26 Å². The summed E-state index contributed by atoms with van der Waals surface area (Å²) in [6, 6.07) is 8.08. The van der Waals surface area contributed by atoms with Crippen LogP contribution in [-0.4, -0.2) is 48.7 Å². The molecule has 130 valence electrons. The van der Waals surface area contributed by atoms with Crippen LogP contribution in [0.15, 0.2) is 18.2 Å². The van der Waals surface area contributed by atoms with Gasteiger partial charge in [-0.1, -0.05) is 12.1 Å². The van der Waals surface area contributed by atoms with E-state index in [-0.39, 0.29) is 12.5 Å². The number of hydrogen-bond donors (Lipinski definition) is 1. The fourth-order valence-corrected chi connectivity index (χ4v) is 3.17. The third kappa shape index (κ3) is 4.56. The van der Waals surface area contributed by atoms with Crippen LogP contribution in [0.3, 0.4) is 0 Å². The summed E-state index contributed by atoms with van der Waals surface area (Å²) in [5, 5.41) is 18.1.